The monoisotopic (exact) mass is 328 g/mol. The molecule has 0 N–H and O–H groups in total. The Hall–Kier alpha value is -2.49. The molecule has 0 fully saturated rings. The van der Waals surface area contributed by atoms with Crippen LogP contribution in [-0.4, -0.2) is 19.2 Å². The fraction of sp³-hybridized carbons (Fsp3) is 0.350. The van der Waals surface area contributed by atoms with Crippen molar-refractivity contribution >= 4 is 5.97 Å². The number of benzene rings is 2. The molecule has 2 aromatic rings. The van der Waals surface area contributed by atoms with Gasteiger partial charge in [0.2, 0.25) is 0 Å². The van der Waals surface area contributed by atoms with E-state index in [0.29, 0.717) is 30.3 Å². The lowest BCUT2D eigenvalue weighted by atomic mass is 10.2. The van der Waals surface area contributed by atoms with Crippen molar-refractivity contribution in [1.82, 2.24) is 0 Å². The molecule has 0 aromatic heterocycles. The summed E-state index contributed by atoms with van der Waals surface area (Å²) in [5, 5.41) is 0. The molecule has 0 aliphatic carbocycles. The molecule has 0 radical (unpaired) electrons. The zero-order valence-electron chi connectivity index (χ0n) is 14.3. The molecule has 24 heavy (non-hydrogen) atoms. The highest BCUT2D eigenvalue weighted by atomic mass is 16.5. The Kier molecular flexibility index (Phi) is 7.15. The number of rotatable bonds is 9. The summed E-state index contributed by atoms with van der Waals surface area (Å²) in [7, 11) is 0. The normalized spacial score (nSPS) is 10.2. The number of hydrogen-bond acceptors (Lipinski definition) is 4. The Labute approximate surface area is 143 Å². The minimum Gasteiger partial charge on any atom is -0.490 e. The van der Waals surface area contributed by atoms with Gasteiger partial charge in [-0.2, -0.15) is 0 Å². The maximum atomic E-state index is 12.0. The SMILES string of the molecule is CCCCOc1cc(C(=O)OCCC)ccc1Oc1ccccc1. The van der Waals surface area contributed by atoms with Crippen molar-refractivity contribution in [2.45, 2.75) is 33.1 Å². The molecule has 4 nitrogen and oxygen atoms in total. The minimum atomic E-state index is -0.344. The first-order chi connectivity index (χ1) is 11.7. The number of para-hydroxylation sites is 1. The second-order valence-electron chi connectivity index (χ2n) is 5.41. The van der Waals surface area contributed by atoms with Gasteiger partial charge in [0.05, 0.1) is 18.8 Å². The van der Waals surface area contributed by atoms with Crippen LogP contribution in [0.2, 0.25) is 0 Å². The molecule has 0 spiro atoms. The summed E-state index contributed by atoms with van der Waals surface area (Å²) in [4.78, 5) is 12.0. The van der Waals surface area contributed by atoms with Gasteiger partial charge in [0, 0.05) is 0 Å². The van der Waals surface area contributed by atoms with Gasteiger partial charge in [-0.1, -0.05) is 38.5 Å². The van der Waals surface area contributed by atoms with E-state index < -0.39 is 0 Å². The molecular formula is C20H24O4. The van der Waals surface area contributed by atoms with Crippen LogP contribution in [0.3, 0.4) is 0 Å². The third kappa shape index (κ3) is 5.30. The van der Waals surface area contributed by atoms with Crippen LogP contribution in [0.5, 0.6) is 17.2 Å². The van der Waals surface area contributed by atoms with Crippen molar-refractivity contribution in [3.05, 3.63) is 54.1 Å². The molecule has 0 atom stereocenters. The molecule has 0 aliphatic heterocycles. The quantitative estimate of drug-likeness (QED) is 0.467. The molecule has 4 heteroatoms. The molecule has 128 valence electrons. The van der Waals surface area contributed by atoms with Gasteiger partial charge in [0.15, 0.2) is 11.5 Å². The molecule has 0 unspecified atom stereocenters. The Morgan fingerprint density at radius 1 is 0.917 bits per heavy atom. The van der Waals surface area contributed by atoms with Crippen LogP contribution in [0.4, 0.5) is 0 Å². The summed E-state index contributed by atoms with van der Waals surface area (Å²) in [6.07, 6.45) is 2.77. The highest BCUT2D eigenvalue weighted by Crippen LogP contribution is 2.33. The van der Waals surface area contributed by atoms with Gasteiger partial charge in [-0.05, 0) is 43.2 Å². The number of carbonyl (C=O) groups excluding carboxylic acids is 1. The zero-order valence-corrected chi connectivity index (χ0v) is 14.3. The van der Waals surface area contributed by atoms with Gasteiger partial charge in [0.1, 0.15) is 5.75 Å². The molecule has 0 amide bonds. The van der Waals surface area contributed by atoms with Crippen LogP contribution in [0.1, 0.15) is 43.5 Å². The summed E-state index contributed by atoms with van der Waals surface area (Å²) < 4.78 is 16.9. The van der Waals surface area contributed by atoms with Gasteiger partial charge in [0.25, 0.3) is 0 Å². The van der Waals surface area contributed by atoms with Gasteiger partial charge < -0.3 is 14.2 Å². The van der Waals surface area contributed by atoms with Crippen molar-refractivity contribution in [3.8, 4) is 17.2 Å². The Morgan fingerprint density at radius 2 is 1.71 bits per heavy atom. The Morgan fingerprint density at radius 3 is 2.42 bits per heavy atom. The number of esters is 1. The average molecular weight is 328 g/mol. The van der Waals surface area contributed by atoms with Crippen molar-refractivity contribution in [2.24, 2.45) is 0 Å². The van der Waals surface area contributed by atoms with E-state index in [1.165, 1.54) is 0 Å². The van der Waals surface area contributed by atoms with Crippen LogP contribution in [0.25, 0.3) is 0 Å². The van der Waals surface area contributed by atoms with Crippen LogP contribution in [0.15, 0.2) is 48.5 Å². The lowest BCUT2D eigenvalue weighted by Crippen LogP contribution is -2.07. The second kappa shape index (κ2) is 9.60. The van der Waals surface area contributed by atoms with Gasteiger partial charge in [-0.15, -0.1) is 0 Å². The first kappa shape index (κ1) is 17.9. The Bertz CT molecular complexity index is 637. The molecule has 0 saturated carbocycles. The van der Waals surface area contributed by atoms with E-state index in [-0.39, 0.29) is 5.97 Å². The van der Waals surface area contributed by atoms with E-state index in [2.05, 4.69) is 6.92 Å². The van der Waals surface area contributed by atoms with E-state index in [1.807, 2.05) is 37.3 Å². The standard InChI is InChI=1S/C20H24O4/c1-3-5-14-22-19-15-16(20(21)23-13-4-2)11-12-18(19)24-17-9-7-6-8-10-17/h6-12,15H,3-5,13-14H2,1-2H3. The second-order valence-corrected chi connectivity index (χ2v) is 5.41. The van der Waals surface area contributed by atoms with Crippen molar-refractivity contribution < 1.29 is 19.0 Å². The van der Waals surface area contributed by atoms with Crippen molar-refractivity contribution in [1.29, 1.82) is 0 Å². The number of carbonyl (C=O) groups is 1. The van der Waals surface area contributed by atoms with E-state index >= 15 is 0 Å². The first-order valence-corrected chi connectivity index (χ1v) is 8.41. The maximum absolute atomic E-state index is 12.0. The minimum absolute atomic E-state index is 0.344. The van der Waals surface area contributed by atoms with Crippen LogP contribution >= 0.6 is 0 Å². The average Bonchev–Trinajstić information content (AvgIpc) is 2.62. The predicted molar refractivity (Wildman–Crippen MR) is 93.9 cm³/mol. The maximum Gasteiger partial charge on any atom is 0.338 e. The number of unbranched alkanes of at least 4 members (excludes halogenated alkanes) is 1. The van der Waals surface area contributed by atoms with E-state index in [9.17, 15) is 4.79 Å². The molecule has 0 aliphatic rings. The first-order valence-electron chi connectivity index (χ1n) is 8.41. The van der Waals surface area contributed by atoms with Gasteiger partial charge in [-0.3, -0.25) is 0 Å². The number of hydrogen-bond donors (Lipinski definition) is 0. The predicted octanol–water partition coefficient (Wildman–Crippen LogP) is 5.22. The molecule has 0 bridgehead atoms. The summed E-state index contributed by atoms with van der Waals surface area (Å²) in [6.45, 7) is 5.05. The molecule has 2 rings (SSSR count). The zero-order chi connectivity index (χ0) is 17.2. The molecule has 0 heterocycles. The largest absolute Gasteiger partial charge is 0.490 e. The van der Waals surface area contributed by atoms with E-state index in [1.54, 1.807) is 18.2 Å². The third-order valence-electron chi connectivity index (χ3n) is 3.34. The van der Waals surface area contributed by atoms with Crippen LogP contribution in [0, 0.1) is 0 Å². The summed E-state index contributed by atoms with van der Waals surface area (Å²) >= 11 is 0. The molecular weight excluding hydrogens is 304 g/mol. The lowest BCUT2D eigenvalue weighted by Gasteiger charge is -2.14. The van der Waals surface area contributed by atoms with Crippen molar-refractivity contribution in [3.63, 3.8) is 0 Å². The summed E-state index contributed by atoms with van der Waals surface area (Å²) in [5.41, 5.74) is 0.468. The molecule has 0 saturated heterocycles. The highest BCUT2D eigenvalue weighted by Gasteiger charge is 2.13. The fourth-order valence-electron chi connectivity index (χ4n) is 2.05. The smallest absolute Gasteiger partial charge is 0.338 e. The fourth-order valence-corrected chi connectivity index (χ4v) is 2.05. The Balaban J connectivity index is 2.19. The topological polar surface area (TPSA) is 44.8 Å². The van der Waals surface area contributed by atoms with Gasteiger partial charge in [-0.25, -0.2) is 4.79 Å². The summed E-state index contributed by atoms with van der Waals surface area (Å²) in [5.74, 6) is 1.52. The highest BCUT2D eigenvalue weighted by molar-refractivity contribution is 5.90. The summed E-state index contributed by atoms with van der Waals surface area (Å²) in [6, 6.07) is 14.6. The van der Waals surface area contributed by atoms with Crippen molar-refractivity contribution in [2.75, 3.05) is 13.2 Å². The number of ether oxygens (including phenoxy) is 3. The third-order valence-corrected chi connectivity index (χ3v) is 3.34. The van der Waals surface area contributed by atoms with Gasteiger partial charge >= 0.3 is 5.97 Å². The van der Waals surface area contributed by atoms with E-state index in [0.717, 1.165) is 25.0 Å². The van der Waals surface area contributed by atoms with E-state index in [4.69, 9.17) is 14.2 Å². The molecule has 2 aromatic carbocycles. The lowest BCUT2D eigenvalue weighted by molar-refractivity contribution is 0.0504. The van der Waals surface area contributed by atoms with Crippen LogP contribution < -0.4 is 9.47 Å². The van der Waals surface area contributed by atoms with Crippen LogP contribution in [-0.2, 0) is 4.74 Å².